The molecule has 0 saturated heterocycles. The number of pyridine rings is 1. The maximum Gasteiger partial charge on any atom is 0.226 e. The maximum absolute atomic E-state index is 14.3. The van der Waals surface area contributed by atoms with E-state index in [1.165, 1.54) is 7.11 Å². The van der Waals surface area contributed by atoms with E-state index in [0.717, 1.165) is 0 Å². The molecule has 0 aliphatic heterocycles. The van der Waals surface area contributed by atoms with E-state index in [2.05, 4.69) is 25.3 Å². The van der Waals surface area contributed by atoms with Gasteiger partial charge in [-0.1, -0.05) is 20.8 Å². The van der Waals surface area contributed by atoms with E-state index >= 15 is 0 Å². The van der Waals surface area contributed by atoms with Gasteiger partial charge in [-0.3, -0.25) is 0 Å². The van der Waals surface area contributed by atoms with Crippen molar-refractivity contribution in [3.63, 3.8) is 0 Å². The lowest BCUT2D eigenvalue weighted by Gasteiger charge is -2.19. The molecule has 10 nitrogen and oxygen atoms in total. The molecule has 0 spiro atoms. The van der Waals surface area contributed by atoms with Crippen molar-refractivity contribution in [2.45, 2.75) is 51.3 Å². The lowest BCUT2D eigenvalue weighted by atomic mass is 9.99. The summed E-state index contributed by atoms with van der Waals surface area (Å²) in [6.45, 7) is 5.64. The molecule has 0 bridgehead atoms. The highest BCUT2D eigenvalue weighted by molar-refractivity contribution is 7.88. The molecule has 12 heteroatoms. The van der Waals surface area contributed by atoms with Crippen LogP contribution in [0, 0.1) is 11.9 Å². The molecule has 0 aliphatic rings. The maximum atomic E-state index is 14.3. The lowest BCUT2D eigenvalue weighted by Crippen LogP contribution is -2.28. The molecular formula is C19H29FN6O4S. The van der Waals surface area contributed by atoms with Gasteiger partial charge in [0, 0.05) is 18.1 Å². The Labute approximate surface area is 181 Å². The fraction of sp³-hybridized carbons (Fsp3) is 0.579. The van der Waals surface area contributed by atoms with E-state index in [-0.39, 0.29) is 48.5 Å². The second kappa shape index (κ2) is 10.7. The number of halogens is 1. The third-order valence-corrected chi connectivity index (χ3v) is 5.11. The normalized spacial score (nSPS) is 13.8. The number of ether oxygens (including phenoxy) is 1. The van der Waals surface area contributed by atoms with Gasteiger partial charge in [-0.2, -0.15) is 19.3 Å². The minimum atomic E-state index is -3.87. The summed E-state index contributed by atoms with van der Waals surface area (Å²) in [5, 5.41) is 17.8. The van der Waals surface area contributed by atoms with Crippen molar-refractivity contribution in [2.24, 2.45) is 11.1 Å². The number of aliphatic hydroxyl groups is 1. The number of hydrogen-bond acceptors (Lipinski definition) is 9. The van der Waals surface area contributed by atoms with Gasteiger partial charge in [0.05, 0.1) is 19.8 Å². The van der Waals surface area contributed by atoms with Gasteiger partial charge in [0.1, 0.15) is 11.6 Å². The summed E-state index contributed by atoms with van der Waals surface area (Å²) < 4.78 is 42.3. The summed E-state index contributed by atoms with van der Waals surface area (Å²) in [6.07, 6.45) is 0.856. The lowest BCUT2D eigenvalue weighted by molar-refractivity contribution is 0.259. The zero-order chi connectivity index (χ0) is 23.2. The molecule has 0 amide bonds. The Hall–Kier alpha value is -2.44. The standard InChI is InChI=1S/C19H29FN6O4S/c1-11(2)7-13(9-27)22-19-24-15(23-16(25-19)10-31(21,28)29)8-12(3)14-5-6-17(30-4)26-18(14)20/h5-6,11-13,27H,7-10H2,1-4H3,(H2,21,28,29)(H,22,23,24,25)/t12-,13-/m1/s1. The van der Waals surface area contributed by atoms with Crippen molar-refractivity contribution in [1.29, 1.82) is 0 Å². The second-order valence-corrected chi connectivity index (χ2v) is 9.41. The van der Waals surface area contributed by atoms with Crippen LogP contribution in [0.25, 0.3) is 0 Å². The van der Waals surface area contributed by atoms with E-state index < -0.39 is 21.7 Å². The first-order valence-corrected chi connectivity index (χ1v) is 11.5. The number of hydrogen-bond donors (Lipinski definition) is 3. The highest BCUT2D eigenvalue weighted by Gasteiger charge is 2.19. The minimum Gasteiger partial charge on any atom is -0.481 e. The molecule has 0 radical (unpaired) electrons. The van der Waals surface area contributed by atoms with Crippen LogP contribution >= 0.6 is 0 Å². The van der Waals surface area contributed by atoms with E-state index in [1.54, 1.807) is 19.1 Å². The van der Waals surface area contributed by atoms with Gasteiger partial charge >= 0.3 is 0 Å². The Morgan fingerprint density at radius 1 is 1.16 bits per heavy atom. The first-order chi connectivity index (χ1) is 14.5. The summed E-state index contributed by atoms with van der Waals surface area (Å²) in [7, 11) is -2.47. The van der Waals surface area contributed by atoms with Crippen molar-refractivity contribution >= 4 is 16.0 Å². The molecule has 2 rings (SSSR count). The van der Waals surface area contributed by atoms with Gasteiger partial charge < -0.3 is 15.2 Å². The van der Waals surface area contributed by atoms with Gasteiger partial charge in [-0.05, 0) is 24.3 Å². The largest absolute Gasteiger partial charge is 0.481 e. The molecule has 0 aliphatic carbocycles. The van der Waals surface area contributed by atoms with Crippen molar-refractivity contribution < 1.29 is 22.7 Å². The monoisotopic (exact) mass is 456 g/mol. The van der Waals surface area contributed by atoms with E-state index in [0.29, 0.717) is 17.9 Å². The molecule has 0 saturated carbocycles. The molecule has 4 N–H and O–H groups in total. The topological polar surface area (TPSA) is 153 Å². The van der Waals surface area contributed by atoms with Crippen molar-refractivity contribution in [3.05, 3.63) is 35.3 Å². The van der Waals surface area contributed by atoms with Gasteiger partial charge in [0.2, 0.25) is 27.8 Å². The molecule has 2 atom stereocenters. The minimum absolute atomic E-state index is 0.0308. The van der Waals surface area contributed by atoms with Gasteiger partial charge in [0.25, 0.3) is 0 Å². The van der Waals surface area contributed by atoms with Crippen LogP contribution in [0.1, 0.15) is 50.3 Å². The van der Waals surface area contributed by atoms with Crippen LogP contribution in [0.2, 0.25) is 0 Å². The molecule has 0 aromatic carbocycles. The van der Waals surface area contributed by atoms with Crippen LogP contribution in [0.4, 0.5) is 10.3 Å². The van der Waals surface area contributed by atoms with Gasteiger partial charge in [-0.15, -0.1) is 0 Å². The average Bonchev–Trinajstić information content (AvgIpc) is 2.65. The van der Waals surface area contributed by atoms with Crippen LogP contribution in [0.3, 0.4) is 0 Å². The fourth-order valence-corrected chi connectivity index (χ4v) is 3.58. The molecule has 0 unspecified atom stereocenters. The van der Waals surface area contributed by atoms with Crippen molar-refractivity contribution in [1.82, 2.24) is 19.9 Å². The predicted molar refractivity (Wildman–Crippen MR) is 113 cm³/mol. The fourth-order valence-electron chi connectivity index (χ4n) is 3.09. The zero-order valence-electron chi connectivity index (χ0n) is 18.0. The molecular weight excluding hydrogens is 427 g/mol. The smallest absolute Gasteiger partial charge is 0.226 e. The Morgan fingerprint density at radius 3 is 2.39 bits per heavy atom. The number of anilines is 1. The third kappa shape index (κ3) is 7.96. The summed E-state index contributed by atoms with van der Waals surface area (Å²) >= 11 is 0. The first-order valence-electron chi connectivity index (χ1n) is 9.82. The molecule has 2 aromatic heterocycles. The Bertz CT molecular complexity index is 989. The Kier molecular flexibility index (Phi) is 8.60. The molecule has 0 fully saturated rings. The number of nitrogens with zero attached hydrogens (tertiary/aromatic N) is 4. The number of rotatable bonds is 11. The average molecular weight is 457 g/mol. The molecule has 2 heterocycles. The molecule has 31 heavy (non-hydrogen) atoms. The van der Waals surface area contributed by atoms with E-state index in [9.17, 15) is 17.9 Å². The number of aliphatic hydroxyl groups excluding tert-OH is 1. The van der Waals surface area contributed by atoms with Crippen molar-refractivity contribution in [3.8, 4) is 5.88 Å². The van der Waals surface area contributed by atoms with Crippen LogP contribution in [-0.4, -0.2) is 53.2 Å². The van der Waals surface area contributed by atoms with E-state index in [1.807, 2.05) is 13.8 Å². The third-order valence-electron chi connectivity index (χ3n) is 4.45. The highest BCUT2D eigenvalue weighted by atomic mass is 32.2. The predicted octanol–water partition coefficient (Wildman–Crippen LogP) is 1.37. The van der Waals surface area contributed by atoms with Crippen LogP contribution in [0.15, 0.2) is 12.1 Å². The number of nitrogens with one attached hydrogen (secondary N) is 1. The van der Waals surface area contributed by atoms with Gasteiger partial charge in [0.15, 0.2) is 5.82 Å². The molecule has 172 valence electrons. The van der Waals surface area contributed by atoms with E-state index in [4.69, 9.17) is 9.88 Å². The molecule has 2 aromatic rings. The number of aromatic nitrogens is 4. The van der Waals surface area contributed by atoms with Crippen LogP contribution < -0.4 is 15.2 Å². The summed E-state index contributed by atoms with van der Waals surface area (Å²) in [5.41, 5.74) is 0.344. The summed E-state index contributed by atoms with van der Waals surface area (Å²) in [6, 6.07) is 2.81. The van der Waals surface area contributed by atoms with Crippen LogP contribution in [0.5, 0.6) is 5.88 Å². The first kappa shape index (κ1) is 24.8. The number of sulfonamides is 1. The second-order valence-electron chi connectivity index (χ2n) is 7.79. The Balaban J connectivity index is 2.33. The summed E-state index contributed by atoms with van der Waals surface area (Å²) in [4.78, 5) is 16.4. The zero-order valence-corrected chi connectivity index (χ0v) is 18.9. The number of primary sulfonamides is 1. The van der Waals surface area contributed by atoms with Gasteiger partial charge in [-0.25, -0.2) is 18.5 Å². The van der Waals surface area contributed by atoms with Crippen LogP contribution in [-0.2, 0) is 22.2 Å². The SMILES string of the molecule is COc1ccc([C@H](C)Cc2nc(CS(N)(=O)=O)nc(N[C@@H](CO)CC(C)C)n2)c(F)n1. The number of methoxy groups -OCH3 is 1. The quantitative estimate of drug-likeness (QED) is 0.425. The van der Waals surface area contributed by atoms with Crippen molar-refractivity contribution in [2.75, 3.05) is 19.0 Å². The highest BCUT2D eigenvalue weighted by Crippen LogP contribution is 2.23. The summed E-state index contributed by atoms with van der Waals surface area (Å²) in [5.74, 6) is -0.767. The number of nitrogens with two attached hydrogens (primary N) is 1. The Morgan fingerprint density at radius 2 is 1.84 bits per heavy atom.